The molecule has 0 aliphatic carbocycles. The first-order valence-electron chi connectivity index (χ1n) is 5.48. The maximum atomic E-state index is 12.3. The minimum atomic E-state index is -2.45. The molecule has 100 valence electrons. The zero-order valence-corrected chi connectivity index (χ0v) is 11.1. The van der Waals surface area contributed by atoms with Crippen LogP contribution < -0.4 is 5.32 Å². The second kappa shape index (κ2) is 7.20. The van der Waals surface area contributed by atoms with E-state index in [2.05, 4.69) is 5.32 Å². The van der Waals surface area contributed by atoms with Crippen LogP contribution in [0.25, 0.3) is 0 Å². The van der Waals surface area contributed by atoms with Crippen LogP contribution in [0.15, 0.2) is 29.2 Å². The van der Waals surface area contributed by atoms with Crippen LogP contribution in [0.4, 0.5) is 14.5 Å². The van der Waals surface area contributed by atoms with Gasteiger partial charge in [0.15, 0.2) is 0 Å². The summed E-state index contributed by atoms with van der Waals surface area (Å²) < 4.78 is 24.7. The molecule has 0 fully saturated rings. The molecule has 1 aromatic carbocycles. The molecule has 0 aliphatic rings. The van der Waals surface area contributed by atoms with Gasteiger partial charge < -0.3 is 10.2 Å². The molecular formula is C12H16F2N2OS. The molecule has 0 heterocycles. The van der Waals surface area contributed by atoms with Crippen LogP contribution in [-0.2, 0) is 4.79 Å². The van der Waals surface area contributed by atoms with Crippen LogP contribution in [0.1, 0.15) is 6.42 Å². The van der Waals surface area contributed by atoms with Gasteiger partial charge in [0.05, 0.1) is 0 Å². The van der Waals surface area contributed by atoms with E-state index >= 15 is 0 Å². The van der Waals surface area contributed by atoms with Gasteiger partial charge in [-0.2, -0.15) is 8.78 Å². The highest BCUT2D eigenvalue weighted by atomic mass is 32.2. The first kappa shape index (κ1) is 14.8. The van der Waals surface area contributed by atoms with Gasteiger partial charge in [-0.3, -0.25) is 4.79 Å². The van der Waals surface area contributed by atoms with Gasteiger partial charge in [0.25, 0.3) is 5.76 Å². The molecule has 1 aromatic rings. The summed E-state index contributed by atoms with van der Waals surface area (Å²) in [6, 6.07) is 6.84. The Kier molecular flexibility index (Phi) is 5.91. The molecule has 0 radical (unpaired) electrons. The number of nitrogens with zero attached hydrogens (tertiary/aromatic N) is 1. The minimum Gasteiger partial charge on any atom is -0.384 e. The molecule has 6 heteroatoms. The van der Waals surface area contributed by atoms with E-state index in [1.807, 2.05) is 0 Å². The number of hydrogen-bond donors (Lipinski definition) is 1. The molecular weight excluding hydrogens is 258 g/mol. The van der Waals surface area contributed by atoms with Crippen molar-refractivity contribution in [2.75, 3.05) is 26.0 Å². The quantitative estimate of drug-likeness (QED) is 0.810. The van der Waals surface area contributed by atoms with Gasteiger partial charge in [-0.05, 0) is 12.1 Å². The summed E-state index contributed by atoms with van der Waals surface area (Å²) in [5.74, 6) is -2.45. The molecule has 0 aliphatic heterocycles. The lowest BCUT2D eigenvalue weighted by Gasteiger charge is -2.13. The number of para-hydroxylation sites is 1. The highest BCUT2D eigenvalue weighted by Gasteiger charge is 2.10. The minimum absolute atomic E-state index is 0.00138. The highest BCUT2D eigenvalue weighted by Crippen LogP contribution is 2.31. The largest absolute Gasteiger partial charge is 0.384 e. The summed E-state index contributed by atoms with van der Waals surface area (Å²) in [6.45, 7) is 0.428. The van der Waals surface area contributed by atoms with Gasteiger partial charge in [0, 0.05) is 37.6 Å². The Hall–Kier alpha value is -1.30. The molecule has 1 rings (SSSR count). The Bertz CT molecular complexity index is 399. The molecule has 0 atom stereocenters. The van der Waals surface area contributed by atoms with Gasteiger partial charge in [0.1, 0.15) is 0 Å². The van der Waals surface area contributed by atoms with Crippen molar-refractivity contribution in [3.05, 3.63) is 24.3 Å². The van der Waals surface area contributed by atoms with Gasteiger partial charge in [0.2, 0.25) is 5.91 Å². The second-order valence-electron chi connectivity index (χ2n) is 3.84. The summed E-state index contributed by atoms with van der Waals surface area (Å²) in [5, 5.41) is 3.00. The number of amides is 1. The fourth-order valence-corrected chi connectivity index (χ4v) is 1.96. The average molecular weight is 274 g/mol. The van der Waals surface area contributed by atoms with Crippen LogP contribution in [0.5, 0.6) is 0 Å². The topological polar surface area (TPSA) is 32.3 Å². The molecule has 1 N–H and O–H groups in total. The first-order chi connectivity index (χ1) is 8.50. The summed E-state index contributed by atoms with van der Waals surface area (Å²) in [6.07, 6.45) is 0.334. The molecule has 0 aromatic heterocycles. The van der Waals surface area contributed by atoms with E-state index in [0.29, 0.717) is 35.3 Å². The number of alkyl halides is 2. The summed E-state index contributed by atoms with van der Waals surface area (Å²) >= 11 is 0.499. The van der Waals surface area contributed by atoms with Gasteiger partial charge in [-0.1, -0.05) is 23.9 Å². The Balaban J connectivity index is 2.54. The second-order valence-corrected chi connectivity index (χ2v) is 4.87. The number of nitrogens with one attached hydrogen (secondary N) is 1. The van der Waals surface area contributed by atoms with Gasteiger partial charge in [-0.25, -0.2) is 0 Å². The molecule has 0 saturated carbocycles. The fraction of sp³-hybridized carbons (Fsp3) is 0.417. The predicted molar refractivity (Wildman–Crippen MR) is 70.1 cm³/mol. The number of hydrogen-bond acceptors (Lipinski definition) is 3. The van der Waals surface area contributed by atoms with Crippen molar-refractivity contribution in [3.63, 3.8) is 0 Å². The Labute approximate surface area is 110 Å². The number of rotatable bonds is 6. The van der Waals surface area contributed by atoms with Crippen LogP contribution >= 0.6 is 11.8 Å². The lowest BCUT2D eigenvalue weighted by atomic mass is 10.3. The molecule has 0 bridgehead atoms. The normalized spacial score (nSPS) is 10.5. The lowest BCUT2D eigenvalue weighted by Crippen LogP contribution is -2.23. The fourth-order valence-electron chi connectivity index (χ4n) is 1.34. The van der Waals surface area contributed by atoms with E-state index in [1.54, 1.807) is 38.4 Å². The third-order valence-electron chi connectivity index (χ3n) is 2.26. The van der Waals surface area contributed by atoms with E-state index in [9.17, 15) is 13.6 Å². The van der Waals surface area contributed by atoms with E-state index in [0.717, 1.165) is 0 Å². The summed E-state index contributed by atoms with van der Waals surface area (Å²) in [7, 11) is 3.37. The van der Waals surface area contributed by atoms with Crippen molar-refractivity contribution in [3.8, 4) is 0 Å². The predicted octanol–water partition coefficient (Wildman–Crippen LogP) is 2.89. The highest BCUT2D eigenvalue weighted by molar-refractivity contribution is 7.99. The van der Waals surface area contributed by atoms with Crippen LogP contribution in [-0.4, -0.2) is 37.2 Å². The number of anilines is 1. The van der Waals surface area contributed by atoms with E-state index in [4.69, 9.17) is 0 Å². The van der Waals surface area contributed by atoms with Crippen molar-refractivity contribution in [2.45, 2.75) is 17.1 Å². The van der Waals surface area contributed by atoms with Crippen molar-refractivity contribution >= 4 is 23.4 Å². The van der Waals surface area contributed by atoms with E-state index in [-0.39, 0.29) is 5.91 Å². The molecule has 3 nitrogen and oxygen atoms in total. The Morgan fingerprint density at radius 2 is 2.06 bits per heavy atom. The summed E-state index contributed by atoms with van der Waals surface area (Å²) in [4.78, 5) is 13.3. The third kappa shape index (κ3) is 4.91. The SMILES string of the molecule is CN(C)C(=O)CCNc1ccccc1SC(F)F. The van der Waals surface area contributed by atoms with Crippen LogP contribution in [0.3, 0.4) is 0 Å². The van der Waals surface area contributed by atoms with Crippen molar-refractivity contribution in [1.29, 1.82) is 0 Å². The molecule has 1 amide bonds. The van der Waals surface area contributed by atoms with Crippen LogP contribution in [0, 0.1) is 0 Å². The number of thioether (sulfide) groups is 1. The number of benzene rings is 1. The lowest BCUT2D eigenvalue weighted by molar-refractivity contribution is -0.128. The van der Waals surface area contributed by atoms with Crippen molar-refractivity contribution < 1.29 is 13.6 Å². The van der Waals surface area contributed by atoms with E-state index < -0.39 is 5.76 Å². The maximum absolute atomic E-state index is 12.3. The molecule has 0 saturated heterocycles. The van der Waals surface area contributed by atoms with Crippen molar-refractivity contribution in [1.82, 2.24) is 4.90 Å². The zero-order chi connectivity index (χ0) is 13.5. The zero-order valence-electron chi connectivity index (χ0n) is 10.3. The standard InChI is InChI=1S/C12H16F2N2OS/c1-16(2)11(17)7-8-15-9-5-3-4-6-10(9)18-12(13)14/h3-6,12,15H,7-8H2,1-2H3. The number of carbonyl (C=O) groups is 1. The first-order valence-corrected chi connectivity index (χ1v) is 6.36. The van der Waals surface area contributed by atoms with Crippen molar-refractivity contribution in [2.24, 2.45) is 0 Å². The maximum Gasteiger partial charge on any atom is 0.288 e. The smallest absolute Gasteiger partial charge is 0.288 e. The molecule has 0 spiro atoms. The Morgan fingerprint density at radius 3 is 2.67 bits per heavy atom. The number of halogens is 2. The average Bonchev–Trinajstić information content (AvgIpc) is 2.30. The Morgan fingerprint density at radius 1 is 1.39 bits per heavy atom. The van der Waals surface area contributed by atoms with Crippen LogP contribution in [0.2, 0.25) is 0 Å². The van der Waals surface area contributed by atoms with E-state index in [1.165, 1.54) is 4.90 Å². The summed E-state index contributed by atoms with van der Waals surface area (Å²) in [5.41, 5.74) is 0.634. The molecule has 0 unspecified atom stereocenters. The van der Waals surface area contributed by atoms with Gasteiger partial charge in [-0.15, -0.1) is 0 Å². The number of carbonyl (C=O) groups excluding carboxylic acids is 1. The third-order valence-corrected chi connectivity index (χ3v) is 3.04. The molecule has 18 heavy (non-hydrogen) atoms. The van der Waals surface area contributed by atoms with Gasteiger partial charge >= 0.3 is 0 Å². The monoisotopic (exact) mass is 274 g/mol.